The molecule has 0 heterocycles. The molecule has 0 bridgehead atoms. The van der Waals surface area contributed by atoms with Crippen LogP contribution in [0.25, 0.3) is 0 Å². The number of hydrogen-bond donors (Lipinski definition) is 2. The number of methoxy groups -OCH3 is 2. The summed E-state index contributed by atoms with van der Waals surface area (Å²) in [6.45, 7) is 0.458. The normalized spacial score (nSPS) is 18.0. The van der Waals surface area contributed by atoms with E-state index in [1.54, 1.807) is 26.4 Å². The summed E-state index contributed by atoms with van der Waals surface area (Å²) in [4.78, 5) is 4.31. The van der Waals surface area contributed by atoms with Crippen LogP contribution in [0.15, 0.2) is 47.5 Å². The molecule has 0 amide bonds. The van der Waals surface area contributed by atoms with Gasteiger partial charge in [0.15, 0.2) is 17.5 Å². The number of aliphatic imine (C=N–C) groups is 1. The van der Waals surface area contributed by atoms with Crippen LogP contribution in [0.4, 0.5) is 13.2 Å². The predicted octanol–water partition coefficient (Wildman–Crippen LogP) is 4.22. The maximum Gasteiger partial charge on any atom is 0.573 e. The van der Waals surface area contributed by atoms with Gasteiger partial charge in [0.1, 0.15) is 5.75 Å². The number of halogens is 4. The molecule has 2 aromatic carbocycles. The maximum absolute atomic E-state index is 12.6. The highest BCUT2D eigenvalue weighted by atomic mass is 127. The molecule has 0 aromatic heterocycles. The molecule has 6 nitrogen and oxygen atoms in total. The van der Waals surface area contributed by atoms with Crippen molar-refractivity contribution in [1.82, 2.24) is 5.32 Å². The Morgan fingerprint density at radius 2 is 1.81 bits per heavy atom. The van der Waals surface area contributed by atoms with E-state index in [2.05, 4.69) is 15.0 Å². The number of benzene rings is 2. The third-order valence-electron chi connectivity index (χ3n) is 4.80. The van der Waals surface area contributed by atoms with Gasteiger partial charge in [0.05, 0.1) is 14.2 Å². The second-order valence-electron chi connectivity index (χ2n) is 6.88. The Balaban J connectivity index is 0.00000341. The number of ether oxygens (including phenoxy) is 3. The summed E-state index contributed by atoms with van der Waals surface area (Å²) in [7, 11) is 3.15. The summed E-state index contributed by atoms with van der Waals surface area (Å²) in [6.07, 6.45) is -3.41. The van der Waals surface area contributed by atoms with Crippen molar-refractivity contribution in [2.75, 3.05) is 20.8 Å². The number of nitrogens with zero attached hydrogens (tertiary/aromatic N) is 1. The molecule has 0 radical (unpaired) electrons. The fourth-order valence-corrected chi connectivity index (χ4v) is 3.28. The Bertz CT molecular complexity index is 909. The van der Waals surface area contributed by atoms with Crippen molar-refractivity contribution >= 4 is 29.9 Å². The monoisotopic (exact) mass is 551 g/mol. The van der Waals surface area contributed by atoms with Crippen molar-refractivity contribution < 1.29 is 27.4 Å². The van der Waals surface area contributed by atoms with Crippen LogP contribution < -0.4 is 25.3 Å². The Labute approximate surface area is 196 Å². The van der Waals surface area contributed by atoms with E-state index in [1.807, 2.05) is 18.2 Å². The molecule has 31 heavy (non-hydrogen) atoms. The summed E-state index contributed by atoms with van der Waals surface area (Å²) in [5.41, 5.74) is 7.47. The van der Waals surface area contributed by atoms with Crippen molar-refractivity contribution in [3.05, 3.63) is 53.6 Å². The Hall–Kier alpha value is -2.37. The lowest BCUT2D eigenvalue weighted by atomic mass is 10.1. The quantitative estimate of drug-likeness (QED) is 0.292. The molecule has 2 aromatic rings. The van der Waals surface area contributed by atoms with Gasteiger partial charge in [0, 0.05) is 18.5 Å². The van der Waals surface area contributed by atoms with E-state index in [4.69, 9.17) is 15.2 Å². The average Bonchev–Trinajstić information content (AvgIpc) is 3.45. The van der Waals surface area contributed by atoms with Gasteiger partial charge in [0.2, 0.25) is 0 Å². The smallest absolute Gasteiger partial charge is 0.493 e. The lowest BCUT2D eigenvalue weighted by Crippen LogP contribution is -2.34. The fraction of sp³-hybridized carbons (Fsp3) is 0.381. The summed E-state index contributed by atoms with van der Waals surface area (Å²) in [5, 5.41) is 3.07. The van der Waals surface area contributed by atoms with Crippen LogP contribution in [0.2, 0.25) is 0 Å². The van der Waals surface area contributed by atoms with Crippen LogP contribution in [0, 0.1) is 0 Å². The van der Waals surface area contributed by atoms with Gasteiger partial charge >= 0.3 is 6.36 Å². The van der Waals surface area contributed by atoms with Crippen molar-refractivity contribution in [3.8, 4) is 17.2 Å². The van der Waals surface area contributed by atoms with E-state index in [9.17, 15) is 13.2 Å². The number of rotatable bonds is 8. The number of para-hydroxylation sites is 1. The molecule has 1 aliphatic rings. The van der Waals surface area contributed by atoms with Gasteiger partial charge in [-0.3, -0.25) is 4.99 Å². The minimum absolute atomic E-state index is 0. The molecule has 2 atom stereocenters. The van der Waals surface area contributed by atoms with Gasteiger partial charge in [-0.15, -0.1) is 37.1 Å². The van der Waals surface area contributed by atoms with Crippen LogP contribution in [-0.2, 0) is 6.42 Å². The fourth-order valence-electron chi connectivity index (χ4n) is 3.28. The van der Waals surface area contributed by atoms with Crippen molar-refractivity contribution in [1.29, 1.82) is 0 Å². The van der Waals surface area contributed by atoms with E-state index < -0.39 is 6.36 Å². The van der Waals surface area contributed by atoms with Crippen LogP contribution in [0.1, 0.15) is 23.5 Å². The molecule has 2 unspecified atom stereocenters. The molecule has 3 N–H and O–H groups in total. The first-order valence-electron chi connectivity index (χ1n) is 9.42. The van der Waals surface area contributed by atoms with Crippen molar-refractivity contribution in [2.45, 2.75) is 31.2 Å². The predicted molar refractivity (Wildman–Crippen MR) is 123 cm³/mol. The largest absolute Gasteiger partial charge is 0.573 e. The second kappa shape index (κ2) is 10.8. The third kappa shape index (κ3) is 7.08. The van der Waals surface area contributed by atoms with Gasteiger partial charge in [-0.2, -0.15) is 0 Å². The third-order valence-corrected chi connectivity index (χ3v) is 4.80. The minimum atomic E-state index is -4.72. The van der Waals surface area contributed by atoms with Gasteiger partial charge < -0.3 is 25.3 Å². The van der Waals surface area contributed by atoms with E-state index in [0.717, 1.165) is 5.56 Å². The summed E-state index contributed by atoms with van der Waals surface area (Å²) in [6, 6.07) is 11.7. The molecule has 1 aliphatic carbocycles. The Morgan fingerprint density at radius 3 is 2.48 bits per heavy atom. The van der Waals surface area contributed by atoms with Crippen molar-refractivity contribution in [3.63, 3.8) is 0 Å². The summed E-state index contributed by atoms with van der Waals surface area (Å²) in [5.74, 6) is 1.27. The number of alkyl halides is 3. The molecule has 3 rings (SSSR count). The van der Waals surface area contributed by atoms with Crippen LogP contribution in [-0.4, -0.2) is 39.1 Å². The zero-order valence-electron chi connectivity index (χ0n) is 17.1. The molecule has 10 heteroatoms. The lowest BCUT2D eigenvalue weighted by molar-refractivity contribution is -0.274. The standard InChI is InChI=1S/C21H24F3N3O3.HI/c1-28-18-8-7-13(11-19(18)29-2)9-10-26-20(25)27-16-12-15(16)14-5-3-4-6-17(14)30-21(22,23)24;/h3-8,11,15-16H,9-10,12H2,1-2H3,(H3,25,26,27);1H. The highest BCUT2D eigenvalue weighted by Gasteiger charge is 2.42. The Kier molecular flexibility index (Phi) is 8.66. The van der Waals surface area contributed by atoms with Crippen LogP contribution in [0.5, 0.6) is 17.2 Å². The summed E-state index contributed by atoms with van der Waals surface area (Å²) >= 11 is 0. The van der Waals surface area contributed by atoms with Gasteiger partial charge in [-0.05, 0) is 42.2 Å². The molecule has 1 saturated carbocycles. The average molecular weight is 551 g/mol. The van der Waals surface area contributed by atoms with E-state index in [-0.39, 0.29) is 47.6 Å². The highest BCUT2D eigenvalue weighted by molar-refractivity contribution is 14.0. The van der Waals surface area contributed by atoms with Crippen molar-refractivity contribution in [2.24, 2.45) is 10.7 Å². The summed E-state index contributed by atoms with van der Waals surface area (Å²) < 4.78 is 52.4. The SMILES string of the molecule is COc1ccc(CCN=C(N)NC2CC2c2ccccc2OC(F)(F)F)cc1OC.I. The molecule has 170 valence electrons. The second-order valence-corrected chi connectivity index (χ2v) is 6.88. The first-order valence-corrected chi connectivity index (χ1v) is 9.42. The molecule has 0 saturated heterocycles. The topological polar surface area (TPSA) is 78.1 Å². The zero-order valence-corrected chi connectivity index (χ0v) is 19.4. The zero-order chi connectivity index (χ0) is 21.7. The lowest BCUT2D eigenvalue weighted by Gasteiger charge is -2.13. The molecule has 0 aliphatic heterocycles. The van der Waals surface area contributed by atoms with Crippen LogP contribution in [0.3, 0.4) is 0 Å². The first kappa shape index (κ1) is 24.9. The molecular formula is C21H25F3IN3O3. The van der Waals surface area contributed by atoms with E-state index in [1.165, 1.54) is 12.1 Å². The molecular weight excluding hydrogens is 526 g/mol. The first-order chi connectivity index (χ1) is 14.3. The maximum atomic E-state index is 12.6. The van der Waals surface area contributed by atoms with Gasteiger partial charge in [0.25, 0.3) is 0 Å². The number of nitrogens with two attached hydrogens (primary N) is 1. The number of nitrogens with one attached hydrogen (secondary N) is 1. The van der Waals surface area contributed by atoms with Crippen LogP contribution >= 0.6 is 24.0 Å². The number of guanidine groups is 1. The Morgan fingerprint density at radius 1 is 1.10 bits per heavy atom. The molecule has 0 spiro atoms. The minimum Gasteiger partial charge on any atom is -0.493 e. The number of hydrogen-bond acceptors (Lipinski definition) is 4. The highest BCUT2D eigenvalue weighted by Crippen LogP contribution is 2.45. The van der Waals surface area contributed by atoms with E-state index >= 15 is 0 Å². The van der Waals surface area contributed by atoms with Gasteiger partial charge in [-0.25, -0.2) is 0 Å². The molecule has 1 fully saturated rings. The van der Waals surface area contributed by atoms with Gasteiger partial charge in [-0.1, -0.05) is 24.3 Å². The van der Waals surface area contributed by atoms with E-state index in [0.29, 0.717) is 36.4 Å².